The molecule has 8 nitrogen and oxygen atoms in total. The molecule has 188 valence electrons. The minimum Gasteiger partial charge on any atom is -0.443 e. The summed E-state index contributed by atoms with van der Waals surface area (Å²) >= 11 is 0. The van der Waals surface area contributed by atoms with Crippen LogP contribution in [0.4, 0.5) is 16.2 Å². The first-order valence-electron chi connectivity index (χ1n) is 12.6. The minimum atomic E-state index is -0.557. The van der Waals surface area contributed by atoms with Crippen LogP contribution in [0.15, 0.2) is 36.5 Å². The fourth-order valence-electron chi connectivity index (χ4n) is 5.28. The van der Waals surface area contributed by atoms with Gasteiger partial charge in [0.15, 0.2) is 0 Å². The molecule has 36 heavy (non-hydrogen) atoms. The molecule has 3 fully saturated rings. The Hall–Kier alpha value is -3.26. The molecule has 1 aromatic carbocycles. The van der Waals surface area contributed by atoms with Crippen LogP contribution >= 0.6 is 0 Å². The van der Waals surface area contributed by atoms with Gasteiger partial charge in [-0.1, -0.05) is 0 Å². The third-order valence-electron chi connectivity index (χ3n) is 7.37. The van der Waals surface area contributed by atoms with Crippen molar-refractivity contribution in [2.24, 2.45) is 5.41 Å². The Morgan fingerprint density at radius 2 is 1.92 bits per heavy atom. The van der Waals surface area contributed by atoms with E-state index in [1.165, 1.54) is 5.69 Å². The number of pyridine rings is 1. The first kappa shape index (κ1) is 23.2. The number of carbonyl (C=O) groups is 1. The van der Waals surface area contributed by atoms with Crippen molar-refractivity contribution in [1.82, 2.24) is 15.0 Å². The first-order valence-corrected chi connectivity index (χ1v) is 12.6. The lowest BCUT2D eigenvalue weighted by Crippen LogP contribution is -2.66. The highest BCUT2D eigenvalue weighted by molar-refractivity contribution is 5.97. The minimum absolute atomic E-state index is 0.290. The van der Waals surface area contributed by atoms with Gasteiger partial charge >= 0.3 is 6.09 Å². The maximum absolute atomic E-state index is 12.7. The zero-order valence-corrected chi connectivity index (χ0v) is 21.6. The summed E-state index contributed by atoms with van der Waals surface area (Å²) in [6.07, 6.45) is 2.45. The number of aromatic nitrogens is 3. The average molecular weight is 488 g/mol. The lowest BCUT2D eigenvalue weighted by Gasteiger charge is -2.56. The summed E-state index contributed by atoms with van der Waals surface area (Å²) in [5, 5.41) is 1.10. The second-order valence-electron chi connectivity index (χ2n) is 11.7. The van der Waals surface area contributed by atoms with Crippen molar-refractivity contribution in [3.05, 3.63) is 53.7 Å². The molecule has 2 aliphatic heterocycles. The van der Waals surface area contributed by atoms with E-state index in [2.05, 4.69) is 27.0 Å². The number of benzene rings is 1. The van der Waals surface area contributed by atoms with Crippen molar-refractivity contribution in [2.75, 3.05) is 43.2 Å². The predicted molar refractivity (Wildman–Crippen MR) is 139 cm³/mol. The number of hydrogen-bond donors (Lipinski definition) is 0. The van der Waals surface area contributed by atoms with Gasteiger partial charge < -0.3 is 14.4 Å². The fourth-order valence-corrected chi connectivity index (χ4v) is 5.28. The van der Waals surface area contributed by atoms with Crippen molar-refractivity contribution < 1.29 is 14.3 Å². The molecule has 3 aliphatic rings. The topological polar surface area (TPSA) is 80.7 Å². The van der Waals surface area contributed by atoms with E-state index < -0.39 is 5.60 Å². The van der Waals surface area contributed by atoms with Crippen LogP contribution in [0.25, 0.3) is 10.9 Å². The molecule has 0 unspecified atom stereocenters. The molecule has 1 spiro atoms. The molecule has 0 N–H and O–H groups in total. The van der Waals surface area contributed by atoms with Gasteiger partial charge in [-0.05, 0) is 64.4 Å². The highest BCUT2D eigenvalue weighted by atomic mass is 16.6. The van der Waals surface area contributed by atoms with E-state index in [9.17, 15) is 4.79 Å². The van der Waals surface area contributed by atoms with Gasteiger partial charge in [0.2, 0.25) is 0 Å². The quantitative estimate of drug-likeness (QED) is 0.522. The van der Waals surface area contributed by atoms with Crippen molar-refractivity contribution in [3.63, 3.8) is 0 Å². The standard InChI is InChI=1S/C28H33N5O3/c1-17-8-9-29-25(30-17)21-11-20(21)23-12-24(33-13-28(14-33)15-35-16-28)19-7-6-18(10-22(19)31-23)32(5)26(34)36-27(2,3)4/h6-10,12,20-21H,11,13-16H2,1-5H3/t20-,21-/m0/s1. The van der Waals surface area contributed by atoms with E-state index >= 15 is 0 Å². The van der Waals surface area contributed by atoms with E-state index in [0.29, 0.717) is 11.3 Å². The van der Waals surface area contributed by atoms with Gasteiger partial charge in [0.25, 0.3) is 0 Å². The molecule has 8 heteroatoms. The maximum atomic E-state index is 12.7. The van der Waals surface area contributed by atoms with Crippen LogP contribution in [-0.4, -0.2) is 60.0 Å². The summed E-state index contributed by atoms with van der Waals surface area (Å²) in [6, 6.07) is 10.2. The van der Waals surface area contributed by atoms with Gasteiger partial charge in [0, 0.05) is 66.3 Å². The molecule has 1 saturated carbocycles. The van der Waals surface area contributed by atoms with Crippen LogP contribution in [0.1, 0.15) is 56.2 Å². The smallest absolute Gasteiger partial charge is 0.414 e. The number of ether oxygens (including phenoxy) is 2. The van der Waals surface area contributed by atoms with E-state index in [4.69, 9.17) is 14.5 Å². The summed E-state index contributed by atoms with van der Waals surface area (Å²) in [6.45, 7) is 11.3. The Bertz CT molecular complexity index is 1340. The fraction of sp³-hybridized carbons (Fsp3) is 0.500. The number of fused-ring (bicyclic) bond motifs is 1. The molecular weight excluding hydrogens is 454 g/mol. The third kappa shape index (κ3) is 4.17. The van der Waals surface area contributed by atoms with Crippen LogP contribution in [0.5, 0.6) is 0 Å². The zero-order chi connectivity index (χ0) is 25.2. The van der Waals surface area contributed by atoms with E-state index in [0.717, 1.165) is 66.5 Å². The molecule has 4 heterocycles. The number of nitrogens with zero attached hydrogens (tertiary/aromatic N) is 5. The molecule has 1 aliphatic carbocycles. The number of anilines is 2. The van der Waals surface area contributed by atoms with E-state index in [-0.39, 0.29) is 12.0 Å². The highest BCUT2D eigenvalue weighted by Gasteiger charge is 2.50. The Kier molecular flexibility index (Phi) is 5.23. The maximum Gasteiger partial charge on any atom is 0.414 e. The number of aryl methyl sites for hydroxylation is 1. The zero-order valence-electron chi connectivity index (χ0n) is 21.6. The molecule has 2 atom stereocenters. The van der Waals surface area contributed by atoms with Gasteiger partial charge in [-0.3, -0.25) is 9.88 Å². The number of hydrogen-bond acceptors (Lipinski definition) is 7. The lowest BCUT2D eigenvalue weighted by molar-refractivity contribution is -0.126. The van der Waals surface area contributed by atoms with E-state index in [1.807, 2.05) is 52.1 Å². The predicted octanol–water partition coefficient (Wildman–Crippen LogP) is 4.81. The van der Waals surface area contributed by atoms with Crippen molar-refractivity contribution >= 4 is 28.4 Å². The summed E-state index contributed by atoms with van der Waals surface area (Å²) in [7, 11) is 1.74. The number of carbonyl (C=O) groups excluding carboxylic acids is 1. The van der Waals surface area contributed by atoms with Crippen LogP contribution < -0.4 is 9.80 Å². The van der Waals surface area contributed by atoms with Gasteiger partial charge in [-0.25, -0.2) is 14.8 Å². The molecule has 2 aromatic heterocycles. The molecule has 6 rings (SSSR count). The van der Waals surface area contributed by atoms with Crippen molar-refractivity contribution in [1.29, 1.82) is 0 Å². The first-order chi connectivity index (χ1) is 17.1. The summed E-state index contributed by atoms with van der Waals surface area (Å²) < 4.78 is 11.1. The monoisotopic (exact) mass is 487 g/mol. The summed E-state index contributed by atoms with van der Waals surface area (Å²) in [5.41, 5.74) is 4.65. The Labute approximate surface area is 211 Å². The number of amides is 1. The average Bonchev–Trinajstić information content (AvgIpc) is 3.56. The third-order valence-corrected chi connectivity index (χ3v) is 7.37. The molecule has 0 bridgehead atoms. The SMILES string of the molecule is Cc1ccnc([C@H]2C[C@@H]2c2cc(N3CC4(COC4)C3)c3ccc(N(C)C(=O)OC(C)(C)C)cc3n2)n1. The van der Waals surface area contributed by atoms with Gasteiger partial charge in [-0.2, -0.15) is 0 Å². The van der Waals surface area contributed by atoms with Crippen LogP contribution in [0.2, 0.25) is 0 Å². The Morgan fingerprint density at radius 3 is 2.58 bits per heavy atom. The molecule has 0 radical (unpaired) electrons. The van der Waals surface area contributed by atoms with Crippen molar-refractivity contribution in [2.45, 2.75) is 51.6 Å². The van der Waals surface area contributed by atoms with Crippen molar-refractivity contribution in [3.8, 4) is 0 Å². The molecule has 1 amide bonds. The lowest BCUT2D eigenvalue weighted by atomic mass is 9.77. The Balaban J connectivity index is 1.35. The largest absolute Gasteiger partial charge is 0.443 e. The van der Waals surface area contributed by atoms with E-state index in [1.54, 1.807) is 11.9 Å². The second-order valence-corrected chi connectivity index (χ2v) is 11.7. The van der Waals surface area contributed by atoms with Crippen LogP contribution in [0.3, 0.4) is 0 Å². The normalized spacial score (nSPS) is 22.2. The summed E-state index contributed by atoms with van der Waals surface area (Å²) in [5.74, 6) is 1.49. The summed E-state index contributed by atoms with van der Waals surface area (Å²) in [4.78, 5) is 31.0. The number of rotatable bonds is 4. The van der Waals surface area contributed by atoms with Gasteiger partial charge in [0.05, 0.1) is 24.1 Å². The molecule has 2 saturated heterocycles. The van der Waals surface area contributed by atoms with Crippen LogP contribution in [0, 0.1) is 12.3 Å². The Morgan fingerprint density at radius 1 is 1.14 bits per heavy atom. The van der Waals surface area contributed by atoms with Gasteiger partial charge in [-0.15, -0.1) is 0 Å². The molecular formula is C28H33N5O3. The van der Waals surface area contributed by atoms with Gasteiger partial charge in [0.1, 0.15) is 11.4 Å². The van der Waals surface area contributed by atoms with Crippen LogP contribution in [-0.2, 0) is 9.47 Å². The highest BCUT2D eigenvalue weighted by Crippen LogP contribution is 2.54. The second kappa shape index (κ2) is 8.13. The molecule has 3 aromatic rings.